The highest BCUT2D eigenvalue weighted by atomic mass is 32.2. The lowest BCUT2D eigenvalue weighted by Crippen LogP contribution is -2.49. The van der Waals surface area contributed by atoms with Crippen LogP contribution in [0.2, 0.25) is 0 Å². The fourth-order valence-electron chi connectivity index (χ4n) is 2.29. The SMILES string of the molecule is Cc1ccccc1OCCN1CCN(S(C)(=O)=O)CC1. The van der Waals surface area contributed by atoms with Crippen molar-refractivity contribution < 1.29 is 13.2 Å². The number of rotatable bonds is 5. The summed E-state index contributed by atoms with van der Waals surface area (Å²) in [6, 6.07) is 7.96. The van der Waals surface area contributed by atoms with E-state index in [0.29, 0.717) is 19.7 Å². The second-order valence-electron chi connectivity index (χ2n) is 5.12. The first-order valence-electron chi connectivity index (χ1n) is 6.83. The van der Waals surface area contributed by atoms with Crippen molar-refractivity contribution in [2.45, 2.75) is 6.92 Å². The molecule has 0 unspecified atom stereocenters. The molecular weight excluding hydrogens is 276 g/mol. The molecule has 0 spiro atoms. The van der Waals surface area contributed by atoms with Gasteiger partial charge >= 0.3 is 0 Å². The molecule has 1 aromatic rings. The molecule has 112 valence electrons. The van der Waals surface area contributed by atoms with Crippen molar-refractivity contribution in [2.75, 3.05) is 45.6 Å². The zero-order chi connectivity index (χ0) is 14.6. The van der Waals surface area contributed by atoms with Crippen molar-refractivity contribution in [3.63, 3.8) is 0 Å². The average Bonchev–Trinajstić information content (AvgIpc) is 2.40. The Bertz CT molecular complexity index is 537. The van der Waals surface area contributed by atoms with Gasteiger partial charge in [0.1, 0.15) is 12.4 Å². The Morgan fingerprint density at radius 3 is 2.40 bits per heavy atom. The molecule has 1 aliphatic rings. The highest BCUT2D eigenvalue weighted by Crippen LogP contribution is 2.16. The maximum Gasteiger partial charge on any atom is 0.211 e. The predicted octanol–water partition coefficient (Wildman–Crippen LogP) is 0.951. The van der Waals surface area contributed by atoms with E-state index in [1.54, 1.807) is 0 Å². The Kier molecular flexibility index (Phi) is 5.01. The lowest BCUT2D eigenvalue weighted by Gasteiger charge is -2.33. The number of hydrogen-bond donors (Lipinski definition) is 0. The molecule has 0 bridgehead atoms. The molecule has 1 fully saturated rings. The van der Waals surface area contributed by atoms with Crippen LogP contribution >= 0.6 is 0 Å². The molecule has 6 heteroatoms. The minimum Gasteiger partial charge on any atom is -0.492 e. The van der Waals surface area contributed by atoms with Gasteiger partial charge in [0.25, 0.3) is 0 Å². The Hall–Kier alpha value is -1.11. The third kappa shape index (κ3) is 4.19. The van der Waals surface area contributed by atoms with Gasteiger partial charge in [-0.05, 0) is 18.6 Å². The average molecular weight is 298 g/mol. The van der Waals surface area contributed by atoms with E-state index in [2.05, 4.69) is 4.90 Å². The van der Waals surface area contributed by atoms with E-state index < -0.39 is 10.0 Å². The molecule has 1 aliphatic heterocycles. The molecule has 0 atom stereocenters. The summed E-state index contributed by atoms with van der Waals surface area (Å²) < 4.78 is 30.1. The Morgan fingerprint density at radius 2 is 1.80 bits per heavy atom. The van der Waals surface area contributed by atoms with Gasteiger partial charge in [0.15, 0.2) is 0 Å². The van der Waals surface area contributed by atoms with Crippen LogP contribution in [-0.2, 0) is 10.0 Å². The Morgan fingerprint density at radius 1 is 1.15 bits per heavy atom. The number of benzene rings is 1. The summed E-state index contributed by atoms with van der Waals surface area (Å²) in [6.45, 7) is 6.16. The predicted molar refractivity (Wildman–Crippen MR) is 79.5 cm³/mol. The van der Waals surface area contributed by atoms with Crippen LogP contribution in [0.1, 0.15) is 5.56 Å². The maximum absolute atomic E-state index is 11.4. The van der Waals surface area contributed by atoms with Crippen LogP contribution in [0.5, 0.6) is 5.75 Å². The van der Waals surface area contributed by atoms with Crippen LogP contribution in [0.4, 0.5) is 0 Å². The van der Waals surface area contributed by atoms with Gasteiger partial charge in [-0.2, -0.15) is 4.31 Å². The zero-order valence-corrected chi connectivity index (χ0v) is 12.9. The molecule has 0 aliphatic carbocycles. The maximum atomic E-state index is 11.4. The minimum atomic E-state index is -3.04. The van der Waals surface area contributed by atoms with Gasteiger partial charge in [-0.1, -0.05) is 18.2 Å². The molecule has 1 heterocycles. The third-order valence-electron chi connectivity index (χ3n) is 3.56. The number of aryl methyl sites for hydroxylation is 1. The number of nitrogens with zero attached hydrogens (tertiary/aromatic N) is 2. The molecule has 1 aromatic carbocycles. The molecule has 0 aromatic heterocycles. The highest BCUT2D eigenvalue weighted by Gasteiger charge is 2.22. The van der Waals surface area contributed by atoms with Crippen LogP contribution in [0.3, 0.4) is 0 Å². The molecule has 2 rings (SSSR count). The molecule has 20 heavy (non-hydrogen) atoms. The van der Waals surface area contributed by atoms with Crippen LogP contribution < -0.4 is 4.74 Å². The van der Waals surface area contributed by atoms with Gasteiger partial charge in [-0.25, -0.2) is 8.42 Å². The van der Waals surface area contributed by atoms with Crippen molar-refractivity contribution in [3.05, 3.63) is 29.8 Å². The molecule has 0 radical (unpaired) electrons. The minimum absolute atomic E-state index is 0.573. The van der Waals surface area contributed by atoms with Crippen molar-refractivity contribution in [1.82, 2.24) is 9.21 Å². The van der Waals surface area contributed by atoms with Gasteiger partial charge in [0.2, 0.25) is 10.0 Å². The summed E-state index contributed by atoms with van der Waals surface area (Å²) in [4.78, 5) is 2.24. The van der Waals surface area contributed by atoms with E-state index in [4.69, 9.17) is 4.74 Å². The van der Waals surface area contributed by atoms with Crippen molar-refractivity contribution in [3.8, 4) is 5.75 Å². The third-order valence-corrected chi connectivity index (χ3v) is 4.86. The lowest BCUT2D eigenvalue weighted by molar-refractivity contribution is 0.159. The second kappa shape index (κ2) is 6.56. The van der Waals surface area contributed by atoms with Crippen LogP contribution in [-0.4, -0.2) is 63.2 Å². The molecular formula is C14H22N2O3S. The molecule has 5 nitrogen and oxygen atoms in total. The molecule has 0 amide bonds. The molecule has 1 saturated heterocycles. The van der Waals surface area contributed by atoms with Gasteiger partial charge in [0.05, 0.1) is 6.26 Å². The molecule has 0 N–H and O–H groups in total. The van der Waals surface area contributed by atoms with Crippen LogP contribution in [0.25, 0.3) is 0 Å². The van der Waals surface area contributed by atoms with E-state index in [-0.39, 0.29) is 0 Å². The Labute approximate surface area is 121 Å². The normalized spacial score (nSPS) is 18.1. The number of para-hydroxylation sites is 1. The number of sulfonamides is 1. The van der Waals surface area contributed by atoms with Gasteiger partial charge < -0.3 is 4.74 Å². The van der Waals surface area contributed by atoms with E-state index in [0.717, 1.165) is 30.9 Å². The fourth-order valence-corrected chi connectivity index (χ4v) is 3.11. The van der Waals surface area contributed by atoms with Gasteiger partial charge in [0, 0.05) is 32.7 Å². The summed E-state index contributed by atoms with van der Waals surface area (Å²) in [7, 11) is -3.04. The smallest absolute Gasteiger partial charge is 0.211 e. The highest BCUT2D eigenvalue weighted by molar-refractivity contribution is 7.88. The first-order chi connectivity index (χ1) is 9.47. The lowest BCUT2D eigenvalue weighted by atomic mass is 10.2. The van der Waals surface area contributed by atoms with Crippen LogP contribution in [0.15, 0.2) is 24.3 Å². The number of ether oxygens (including phenoxy) is 1. The van der Waals surface area contributed by atoms with E-state index in [9.17, 15) is 8.42 Å². The topological polar surface area (TPSA) is 49.9 Å². The number of hydrogen-bond acceptors (Lipinski definition) is 4. The largest absolute Gasteiger partial charge is 0.492 e. The van der Waals surface area contributed by atoms with E-state index in [1.165, 1.54) is 10.6 Å². The summed E-state index contributed by atoms with van der Waals surface area (Å²) in [5.74, 6) is 0.919. The van der Waals surface area contributed by atoms with Gasteiger partial charge in [-0.3, -0.25) is 4.90 Å². The van der Waals surface area contributed by atoms with Crippen molar-refractivity contribution >= 4 is 10.0 Å². The summed E-state index contributed by atoms with van der Waals surface area (Å²) in [5, 5.41) is 0. The Balaban J connectivity index is 1.73. The first kappa shape index (κ1) is 15.3. The van der Waals surface area contributed by atoms with E-state index >= 15 is 0 Å². The summed E-state index contributed by atoms with van der Waals surface area (Å²) in [5.41, 5.74) is 1.13. The second-order valence-corrected chi connectivity index (χ2v) is 7.10. The van der Waals surface area contributed by atoms with Crippen molar-refractivity contribution in [1.29, 1.82) is 0 Å². The first-order valence-corrected chi connectivity index (χ1v) is 8.67. The summed E-state index contributed by atoms with van der Waals surface area (Å²) in [6.07, 6.45) is 1.27. The number of piperazine rings is 1. The van der Waals surface area contributed by atoms with Gasteiger partial charge in [-0.15, -0.1) is 0 Å². The van der Waals surface area contributed by atoms with Crippen molar-refractivity contribution in [2.24, 2.45) is 0 Å². The zero-order valence-electron chi connectivity index (χ0n) is 12.1. The fraction of sp³-hybridized carbons (Fsp3) is 0.571. The molecule has 0 saturated carbocycles. The van der Waals surface area contributed by atoms with E-state index in [1.807, 2.05) is 31.2 Å². The van der Waals surface area contributed by atoms with Crippen LogP contribution in [0, 0.1) is 6.92 Å². The quantitative estimate of drug-likeness (QED) is 0.812. The standard InChI is InChI=1S/C14H22N2O3S/c1-13-5-3-4-6-14(13)19-12-11-15-7-9-16(10-8-15)20(2,17)18/h3-6H,7-12H2,1-2H3. The summed E-state index contributed by atoms with van der Waals surface area (Å²) >= 11 is 0. The monoisotopic (exact) mass is 298 g/mol.